The standard InChI is InChI=1S/C32H33N3O3/c1-22-20-35(23(2)19-34(22)21-24-7-4-3-5-8-24)31(27-9-6-10-30(36)16-27)26-13-11-25(12-14-26)28-15-29(32(37)38)18-33-17-28/h3-18,22-23,31,36H,19-21H2,1-2H3,(H,37,38)/t22-,23+,31-/m1/s1. The van der Waals surface area contributed by atoms with Gasteiger partial charge in [-0.25, -0.2) is 4.79 Å². The van der Waals surface area contributed by atoms with Crippen LogP contribution in [-0.4, -0.2) is 56.1 Å². The van der Waals surface area contributed by atoms with Gasteiger partial charge in [0.15, 0.2) is 0 Å². The molecule has 2 heterocycles. The Labute approximate surface area is 223 Å². The summed E-state index contributed by atoms with van der Waals surface area (Å²) in [6.07, 6.45) is 3.04. The quantitative estimate of drug-likeness (QED) is 0.327. The van der Waals surface area contributed by atoms with E-state index in [2.05, 4.69) is 77.2 Å². The first kappa shape index (κ1) is 25.6. The molecule has 0 unspecified atom stereocenters. The van der Waals surface area contributed by atoms with Gasteiger partial charge in [0.2, 0.25) is 0 Å². The van der Waals surface area contributed by atoms with Crippen LogP contribution in [0.2, 0.25) is 0 Å². The largest absolute Gasteiger partial charge is 0.508 e. The Hall–Kier alpha value is -4.00. The van der Waals surface area contributed by atoms with Crippen molar-refractivity contribution in [2.75, 3.05) is 13.1 Å². The molecule has 6 nitrogen and oxygen atoms in total. The van der Waals surface area contributed by atoms with Gasteiger partial charge in [0.1, 0.15) is 5.75 Å². The molecule has 1 aliphatic heterocycles. The van der Waals surface area contributed by atoms with Crippen molar-refractivity contribution in [3.63, 3.8) is 0 Å². The average molecular weight is 508 g/mol. The monoisotopic (exact) mass is 507 g/mol. The van der Waals surface area contributed by atoms with E-state index in [1.165, 1.54) is 11.8 Å². The lowest BCUT2D eigenvalue weighted by molar-refractivity contribution is 0.0195. The zero-order valence-electron chi connectivity index (χ0n) is 21.7. The molecule has 0 saturated carbocycles. The van der Waals surface area contributed by atoms with E-state index in [9.17, 15) is 15.0 Å². The normalized spacial score (nSPS) is 19.2. The predicted octanol–water partition coefficient (Wildman–Crippen LogP) is 5.84. The summed E-state index contributed by atoms with van der Waals surface area (Å²) in [6, 6.07) is 28.6. The van der Waals surface area contributed by atoms with Crippen molar-refractivity contribution in [3.8, 4) is 16.9 Å². The highest BCUT2D eigenvalue weighted by atomic mass is 16.4. The molecule has 38 heavy (non-hydrogen) atoms. The number of pyridine rings is 1. The van der Waals surface area contributed by atoms with Crippen molar-refractivity contribution >= 4 is 5.97 Å². The van der Waals surface area contributed by atoms with E-state index in [0.29, 0.717) is 12.1 Å². The van der Waals surface area contributed by atoms with E-state index in [1.807, 2.05) is 24.3 Å². The Bertz CT molecular complexity index is 1390. The minimum absolute atomic E-state index is 0.0315. The number of rotatable bonds is 7. The number of carboxylic acid groups (broad SMARTS) is 1. The van der Waals surface area contributed by atoms with Crippen molar-refractivity contribution in [2.24, 2.45) is 0 Å². The molecule has 0 aliphatic carbocycles. The van der Waals surface area contributed by atoms with Gasteiger partial charge < -0.3 is 10.2 Å². The van der Waals surface area contributed by atoms with Crippen molar-refractivity contribution < 1.29 is 15.0 Å². The average Bonchev–Trinajstić information content (AvgIpc) is 2.92. The van der Waals surface area contributed by atoms with Crippen molar-refractivity contribution in [2.45, 2.75) is 38.5 Å². The third-order valence-electron chi connectivity index (χ3n) is 7.45. The molecule has 0 bridgehead atoms. The summed E-state index contributed by atoms with van der Waals surface area (Å²) < 4.78 is 0. The number of aromatic hydroxyl groups is 1. The Morgan fingerprint density at radius 3 is 2.34 bits per heavy atom. The lowest BCUT2D eigenvalue weighted by Gasteiger charge is -2.47. The SMILES string of the molecule is C[C@@H]1CN([C@H](c2ccc(-c3cncc(C(=O)O)c3)cc2)c2cccc(O)c2)[C@@H](C)CN1Cc1ccccc1. The number of phenols is 1. The van der Waals surface area contributed by atoms with E-state index in [1.54, 1.807) is 18.3 Å². The van der Waals surface area contributed by atoms with Crippen LogP contribution in [0.4, 0.5) is 0 Å². The van der Waals surface area contributed by atoms with E-state index in [-0.39, 0.29) is 17.4 Å². The summed E-state index contributed by atoms with van der Waals surface area (Å²) in [4.78, 5) is 20.6. The highest BCUT2D eigenvalue weighted by Crippen LogP contribution is 2.35. The first-order valence-electron chi connectivity index (χ1n) is 13.0. The second-order valence-corrected chi connectivity index (χ2v) is 10.2. The van der Waals surface area contributed by atoms with Gasteiger partial charge in [0.05, 0.1) is 11.6 Å². The molecule has 3 aromatic carbocycles. The van der Waals surface area contributed by atoms with Gasteiger partial charge in [-0.2, -0.15) is 0 Å². The molecule has 5 rings (SSSR count). The molecule has 0 amide bonds. The number of phenolic OH excluding ortho intramolecular Hbond substituents is 1. The number of hydrogen-bond donors (Lipinski definition) is 2. The van der Waals surface area contributed by atoms with Gasteiger partial charge in [-0.1, -0.05) is 66.7 Å². The number of benzene rings is 3. The fourth-order valence-electron chi connectivity index (χ4n) is 5.47. The Morgan fingerprint density at radius 1 is 0.868 bits per heavy atom. The molecular formula is C32H33N3O3. The maximum Gasteiger partial charge on any atom is 0.337 e. The maximum atomic E-state index is 11.4. The van der Waals surface area contributed by atoms with E-state index < -0.39 is 5.97 Å². The number of aromatic carboxylic acids is 1. The van der Waals surface area contributed by atoms with Crippen LogP contribution in [0.15, 0.2) is 97.3 Å². The van der Waals surface area contributed by atoms with Crippen LogP contribution >= 0.6 is 0 Å². The van der Waals surface area contributed by atoms with Crippen molar-refractivity contribution in [3.05, 3.63) is 120 Å². The van der Waals surface area contributed by atoms with Crippen LogP contribution in [0.3, 0.4) is 0 Å². The Balaban J connectivity index is 1.44. The van der Waals surface area contributed by atoms with Crippen LogP contribution in [0, 0.1) is 0 Å². The zero-order chi connectivity index (χ0) is 26.6. The predicted molar refractivity (Wildman–Crippen MR) is 149 cm³/mol. The molecule has 1 aromatic heterocycles. The summed E-state index contributed by atoms with van der Waals surface area (Å²) >= 11 is 0. The van der Waals surface area contributed by atoms with Gasteiger partial charge in [-0.15, -0.1) is 0 Å². The van der Waals surface area contributed by atoms with E-state index in [4.69, 9.17) is 0 Å². The summed E-state index contributed by atoms with van der Waals surface area (Å²) in [6.45, 7) is 7.32. The summed E-state index contributed by atoms with van der Waals surface area (Å²) in [7, 11) is 0. The molecule has 3 atom stereocenters. The second kappa shape index (κ2) is 11.2. The number of hydrogen-bond acceptors (Lipinski definition) is 5. The van der Waals surface area contributed by atoms with Crippen LogP contribution in [-0.2, 0) is 6.54 Å². The molecule has 4 aromatic rings. The van der Waals surface area contributed by atoms with Gasteiger partial charge in [-0.05, 0) is 54.3 Å². The summed E-state index contributed by atoms with van der Waals surface area (Å²) in [5.41, 5.74) is 5.33. The third kappa shape index (κ3) is 5.62. The third-order valence-corrected chi connectivity index (χ3v) is 7.45. The number of carbonyl (C=O) groups is 1. The number of nitrogens with zero attached hydrogens (tertiary/aromatic N) is 3. The summed E-state index contributed by atoms with van der Waals surface area (Å²) in [5, 5.41) is 19.7. The molecule has 0 radical (unpaired) electrons. The Morgan fingerprint density at radius 2 is 1.63 bits per heavy atom. The van der Waals surface area contributed by atoms with Crippen LogP contribution < -0.4 is 0 Å². The molecular weight excluding hydrogens is 474 g/mol. The van der Waals surface area contributed by atoms with Crippen molar-refractivity contribution in [1.82, 2.24) is 14.8 Å². The first-order chi connectivity index (χ1) is 18.4. The molecule has 1 fully saturated rings. The summed E-state index contributed by atoms with van der Waals surface area (Å²) in [5.74, 6) is -0.737. The van der Waals surface area contributed by atoms with Crippen LogP contribution in [0.5, 0.6) is 5.75 Å². The number of piperazine rings is 1. The van der Waals surface area contributed by atoms with Crippen molar-refractivity contribution in [1.29, 1.82) is 0 Å². The number of carboxylic acids is 1. The highest BCUT2D eigenvalue weighted by molar-refractivity contribution is 5.88. The van der Waals surface area contributed by atoms with Crippen LogP contribution in [0.1, 0.15) is 46.9 Å². The second-order valence-electron chi connectivity index (χ2n) is 10.2. The molecule has 6 heteroatoms. The minimum Gasteiger partial charge on any atom is -0.508 e. The van der Waals surface area contributed by atoms with E-state index >= 15 is 0 Å². The lowest BCUT2D eigenvalue weighted by Crippen LogP contribution is -2.56. The number of aromatic nitrogens is 1. The molecule has 0 spiro atoms. The van der Waals surface area contributed by atoms with Gasteiger partial charge in [0, 0.05) is 49.7 Å². The van der Waals surface area contributed by atoms with Crippen LogP contribution in [0.25, 0.3) is 11.1 Å². The van der Waals surface area contributed by atoms with Gasteiger partial charge in [-0.3, -0.25) is 14.8 Å². The van der Waals surface area contributed by atoms with Gasteiger partial charge in [0.25, 0.3) is 0 Å². The van der Waals surface area contributed by atoms with E-state index in [0.717, 1.165) is 41.9 Å². The molecule has 2 N–H and O–H groups in total. The maximum absolute atomic E-state index is 11.4. The fraction of sp³-hybridized carbons (Fsp3) is 0.250. The lowest BCUT2D eigenvalue weighted by atomic mass is 9.92. The zero-order valence-corrected chi connectivity index (χ0v) is 21.7. The first-order valence-corrected chi connectivity index (χ1v) is 13.0. The minimum atomic E-state index is -0.991. The smallest absolute Gasteiger partial charge is 0.337 e. The molecule has 1 aliphatic rings. The molecule has 194 valence electrons. The topological polar surface area (TPSA) is 76.9 Å². The fourth-order valence-corrected chi connectivity index (χ4v) is 5.47. The Kier molecular flexibility index (Phi) is 7.54. The highest BCUT2D eigenvalue weighted by Gasteiger charge is 2.35. The van der Waals surface area contributed by atoms with Gasteiger partial charge >= 0.3 is 5.97 Å². The molecule has 1 saturated heterocycles.